The average molecular weight is 271 g/mol. The molecule has 0 atom stereocenters. The molecule has 0 amide bonds. The molecule has 0 saturated heterocycles. The maximum atomic E-state index is 5.45. The number of aryl methyl sites for hydroxylation is 2. The summed E-state index contributed by atoms with van der Waals surface area (Å²) in [6, 6.07) is 13.9. The Morgan fingerprint density at radius 3 is 2.11 bits per heavy atom. The first-order valence-electron chi connectivity index (χ1n) is 6.13. The highest BCUT2D eigenvalue weighted by Crippen LogP contribution is 2.21. The SMILES string of the molecule is COc1ccc(C(=S)Nc2c(C)cccc2C)cc1. The van der Waals surface area contributed by atoms with Crippen LogP contribution in [0.4, 0.5) is 5.69 Å². The van der Waals surface area contributed by atoms with Crippen LogP contribution in [0.5, 0.6) is 5.75 Å². The molecule has 19 heavy (non-hydrogen) atoms. The van der Waals surface area contributed by atoms with Crippen LogP contribution in [0.2, 0.25) is 0 Å². The van der Waals surface area contributed by atoms with E-state index in [0.29, 0.717) is 0 Å². The van der Waals surface area contributed by atoms with Crippen molar-refractivity contribution in [2.45, 2.75) is 13.8 Å². The highest BCUT2D eigenvalue weighted by Gasteiger charge is 2.06. The largest absolute Gasteiger partial charge is 0.497 e. The molecule has 2 aromatic rings. The lowest BCUT2D eigenvalue weighted by atomic mass is 10.1. The zero-order chi connectivity index (χ0) is 13.8. The summed E-state index contributed by atoms with van der Waals surface area (Å²) in [4.78, 5) is 0.722. The second-order valence-electron chi connectivity index (χ2n) is 4.45. The molecule has 0 radical (unpaired) electrons. The lowest BCUT2D eigenvalue weighted by Crippen LogP contribution is -2.12. The summed E-state index contributed by atoms with van der Waals surface area (Å²) < 4.78 is 5.14. The van der Waals surface area contributed by atoms with Crippen molar-refractivity contribution >= 4 is 22.9 Å². The summed E-state index contributed by atoms with van der Waals surface area (Å²) in [7, 11) is 1.66. The molecule has 0 saturated carbocycles. The zero-order valence-corrected chi connectivity index (χ0v) is 12.2. The van der Waals surface area contributed by atoms with E-state index in [1.807, 2.05) is 30.3 Å². The van der Waals surface area contributed by atoms with E-state index >= 15 is 0 Å². The van der Waals surface area contributed by atoms with Gasteiger partial charge >= 0.3 is 0 Å². The molecule has 2 aromatic carbocycles. The fourth-order valence-corrected chi connectivity index (χ4v) is 2.18. The topological polar surface area (TPSA) is 21.3 Å². The highest BCUT2D eigenvalue weighted by molar-refractivity contribution is 7.81. The Morgan fingerprint density at radius 1 is 1.00 bits per heavy atom. The average Bonchev–Trinajstić information content (AvgIpc) is 2.43. The van der Waals surface area contributed by atoms with Crippen LogP contribution in [-0.4, -0.2) is 12.1 Å². The van der Waals surface area contributed by atoms with Crippen LogP contribution < -0.4 is 10.1 Å². The number of ether oxygens (including phenoxy) is 1. The third-order valence-corrected chi connectivity index (χ3v) is 3.41. The van der Waals surface area contributed by atoms with Crippen LogP contribution >= 0.6 is 12.2 Å². The van der Waals surface area contributed by atoms with Gasteiger partial charge < -0.3 is 10.1 Å². The van der Waals surface area contributed by atoms with E-state index in [9.17, 15) is 0 Å². The van der Waals surface area contributed by atoms with E-state index < -0.39 is 0 Å². The smallest absolute Gasteiger partial charge is 0.118 e. The number of thiocarbonyl (C=S) groups is 1. The van der Waals surface area contributed by atoms with Gasteiger partial charge in [-0.3, -0.25) is 0 Å². The second kappa shape index (κ2) is 5.85. The van der Waals surface area contributed by atoms with E-state index in [2.05, 4.69) is 31.3 Å². The van der Waals surface area contributed by atoms with Gasteiger partial charge in [-0.05, 0) is 49.2 Å². The third kappa shape index (κ3) is 3.12. The summed E-state index contributed by atoms with van der Waals surface area (Å²) in [5.41, 5.74) is 4.45. The first kappa shape index (κ1) is 13.6. The lowest BCUT2D eigenvalue weighted by Gasteiger charge is -2.13. The van der Waals surface area contributed by atoms with Crippen LogP contribution in [0.25, 0.3) is 0 Å². The quantitative estimate of drug-likeness (QED) is 0.849. The Labute approximate surface area is 119 Å². The molecule has 0 spiro atoms. The minimum Gasteiger partial charge on any atom is -0.497 e. The highest BCUT2D eigenvalue weighted by atomic mass is 32.1. The van der Waals surface area contributed by atoms with Gasteiger partial charge in [-0.2, -0.15) is 0 Å². The monoisotopic (exact) mass is 271 g/mol. The number of anilines is 1. The summed E-state index contributed by atoms with van der Waals surface area (Å²) in [6.45, 7) is 4.15. The number of hydrogen-bond acceptors (Lipinski definition) is 2. The Bertz CT molecular complexity index is 570. The Kier molecular flexibility index (Phi) is 4.17. The van der Waals surface area contributed by atoms with Gasteiger partial charge in [-0.1, -0.05) is 30.4 Å². The number of hydrogen-bond donors (Lipinski definition) is 1. The molecule has 0 aromatic heterocycles. The third-order valence-electron chi connectivity index (χ3n) is 3.07. The Balaban J connectivity index is 2.20. The molecule has 1 N–H and O–H groups in total. The fraction of sp³-hybridized carbons (Fsp3) is 0.188. The van der Waals surface area contributed by atoms with E-state index in [1.54, 1.807) is 7.11 Å². The van der Waals surface area contributed by atoms with Crippen LogP contribution in [0.15, 0.2) is 42.5 Å². The Morgan fingerprint density at radius 2 is 1.58 bits per heavy atom. The molecule has 0 heterocycles. The molecular weight excluding hydrogens is 254 g/mol. The van der Waals surface area contributed by atoms with Crippen molar-refractivity contribution in [3.8, 4) is 5.75 Å². The van der Waals surface area contributed by atoms with Gasteiger partial charge in [0.15, 0.2) is 0 Å². The van der Waals surface area contributed by atoms with E-state index in [-0.39, 0.29) is 0 Å². The van der Waals surface area contributed by atoms with E-state index in [4.69, 9.17) is 17.0 Å². The second-order valence-corrected chi connectivity index (χ2v) is 4.86. The van der Waals surface area contributed by atoms with E-state index in [0.717, 1.165) is 22.0 Å². The summed E-state index contributed by atoms with van der Waals surface area (Å²) >= 11 is 5.45. The van der Waals surface area contributed by atoms with Crippen molar-refractivity contribution in [2.75, 3.05) is 12.4 Å². The summed E-state index contributed by atoms with van der Waals surface area (Å²) in [5, 5.41) is 3.32. The number of methoxy groups -OCH3 is 1. The van der Waals surface area contributed by atoms with Crippen LogP contribution in [0, 0.1) is 13.8 Å². The predicted octanol–water partition coefficient (Wildman–Crippen LogP) is 4.10. The summed E-state index contributed by atoms with van der Waals surface area (Å²) in [6.07, 6.45) is 0. The van der Waals surface area contributed by atoms with Crippen LogP contribution in [0.1, 0.15) is 16.7 Å². The van der Waals surface area contributed by atoms with Crippen LogP contribution in [-0.2, 0) is 0 Å². The fourth-order valence-electron chi connectivity index (χ4n) is 1.94. The maximum absolute atomic E-state index is 5.45. The minimum atomic E-state index is 0.722. The van der Waals surface area contributed by atoms with Crippen molar-refractivity contribution in [3.05, 3.63) is 59.2 Å². The normalized spacial score (nSPS) is 10.1. The molecule has 0 aliphatic carbocycles. The predicted molar refractivity (Wildman–Crippen MR) is 84.2 cm³/mol. The van der Waals surface area contributed by atoms with Crippen molar-refractivity contribution in [2.24, 2.45) is 0 Å². The maximum Gasteiger partial charge on any atom is 0.118 e. The number of nitrogens with one attached hydrogen (secondary N) is 1. The number of para-hydroxylation sites is 1. The minimum absolute atomic E-state index is 0.722. The molecule has 2 nitrogen and oxygen atoms in total. The molecule has 0 aliphatic rings. The number of benzene rings is 2. The molecule has 0 bridgehead atoms. The summed E-state index contributed by atoms with van der Waals surface area (Å²) in [5.74, 6) is 0.832. The molecule has 98 valence electrons. The lowest BCUT2D eigenvalue weighted by molar-refractivity contribution is 0.415. The van der Waals surface area contributed by atoms with Crippen LogP contribution in [0.3, 0.4) is 0 Å². The molecule has 0 fully saturated rings. The first-order valence-corrected chi connectivity index (χ1v) is 6.54. The van der Waals surface area contributed by atoms with Crippen molar-refractivity contribution in [1.29, 1.82) is 0 Å². The molecule has 3 heteroatoms. The first-order chi connectivity index (χ1) is 9.11. The van der Waals surface area contributed by atoms with Gasteiger partial charge in [-0.25, -0.2) is 0 Å². The van der Waals surface area contributed by atoms with Gasteiger partial charge in [0.1, 0.15) is 10.7 Å². The van der Waals surface area contributed by atoms with Gasteiger partial charge in [0.05, 0.1) is 7.11 Å². The molecule has 2 rings (SSSR count). The van der Waals surface area contributed by atoms with Gasteiger partial charge in [0, 0.05) is 11.3 Å². The zero-order valence-electron chi connectivity index (χ0n) is 11.4. The Hall–Kier alpha value is -1.87. The van der Waals surface area contributed by atoms with Crippen molar-refractivity contribution < 1.29 is 4.74 Å². The van der Waals surface area contributed by atoms with Crippen molar-refractivity contribution in [1.82, 2.24) is 0 Å². The van der Waals surface area contributed by atoms with Gasteiger partial charge in [-0.15, -0.1) is 0 Å². The van der Waals surface area contributed by atoms with Gasteiger partial charge in [0.2, 0.25) is 0 Å². The standard InChI is InChI=1S/C16H17NOS/c1-11-5-4-6-12(2)15(11)17-16(19)13-7-9-14(18-3)10-8-13/h4-10H,1-3H3,(H,17,19). The number of rotatable bonds is 3. The molecule has 0 unspecified atom stereocenters. The molecular formula is C16H17NOS. The van der Waals surface area contributed by atoms with E-state index in [1.165, 1.54) is 11.1 Å². The van der Waals surface area contributed by atoms with Gasteiger partial charge in [0.25, 0.3) is 0 Å². The molecule has 0 aliphatic heterocycles. The van der Waals surface area contributed by atoms with Crippen molar-refractivity contribution in [3.63, 3.8) is 0 Å².